The number of ether oxygens (including phenoxy) is 1. The second-order valence-electron chi connectivity index (χ2n) is 5.38. The Morgan fingerprint density at radius 3 is 2.74 bits per heavy atom. The molecule has 0 unspecified atom stereocenters. The predicted molar refractivity (Wildman–Crippen MR) is 86.2 cm³/mol. The SMILES string of the molecule is Cc1cccc(C(=O)NC[C@H](O)COc2cccc(F)c2)c1C. The molecule has 4 nitrogen and oxygen atoms in total. The van der Waals surface area contributed by atoms with Crippen molar-refractivity contribution in [1.29, 1.82) is 0 Å². The fraction of sp³-hybridized carbons (Fsp3) is 0.278. The number of amides is 1. The van der Waals surface area contributed by atoms with Gasteiger partial charge in [0.2, 0.25) is 0 Å². The van der Waals surface area contributed by atoms with Gasteiger partial charge in [0.15, 0.2) is 0 Å². The second kappa shape index (κ2) is 7.74. The summed E-state index contributed by atoms with van der Waals surface area (Å²) in [6, 6.07) is 11.2. The van der Waals surface area contributed by atoms with E-state index in [-0.39, 0.29) is 19.1 Å². The Hall–Kier alpha value is -2.40. The quantitative estimate of drug-likeness (QED) is 0.861. The third-order valence-corrected chi connectivity index (χ3v) is 3.59. The smallest absolute Gasteiger partial charge is 0.251 e. The molecule has 0 bridgehead atoms. The van der Waals surface area contributed by atoms with Crippen LogP contribution in [-0.2, 0) is 0 Å². The van der Waals surface area contributed by atoms with Gasteiger partial charge in [0.25, 0.3) is 5.91 Å². The largest absolute Gasteiger partial charge is 0.491 e. The lowest BCUT2D eigenvalue weighted by molar-refractivity contribution is 0.0843. The van der Waals surface area contributed by atoms with Crippen molar-refractivity contribution < 1.29 is 19.0 Å². The topological polar surface area (TPSA) is 58.6 Å². The Bertz CT molecular complexity index is 688. The van der Waals surface area contributed by atoms with E-state index in [1.807, 2.05) is 26.0 Å². The molecule has 0 saturated heterocycles. The molecule has 2 aromatic carbocycles. The zero-order chi connectivity index (χ0) is 16.8. The van der Waals surface area contributed by atoms with Crippen LogP contribution < -0.4 is 10.1 Å². The van der Waals surface area contributed by atoms with Crippen LogP contribution in [0.25, 0.3) is 0 Å². The number of aliphatic hydroxyl groups is 1. The first kappa shape index (κ1) is 17.0. The molecule has 5 heteroatoms. The molecule has 122 valence electrons. The van der Waals surface area contributed by atoms with Crippen LogP contribution in [0, 0.1) is 19.7 Å². The highest BCUT2D eigenvalue weighted by molar-refractivity contribution is 5.95. The molecule has 0 aliphatic rings. The number of nitrogens with one attached hydrogen (secondary N) is 1. The fourth-order valence-electron chi connectivity index (χ4n) is 2.11. The number of aryl methyl sites for hydroxylation is 1. The van der Waals surface area contributed by atoms with E-state index in [1.54, 1.807) is 12.1 Å². The summed E-state index contributed by atoms with van der Waals surface area (Å²) in [6.45, 7) is 3.85. The standard InChI is InChI=1S/C18H20FNO3/c1-12-5-3-8-17(13(12)2)18(22)20-10-15(21)11-23-16-7-4-6-14(19)9-16/h3-9,15,21H,10-11H2,1-2H3,(H,20,22)/t15-/m0/s1. The number of hydrogen-bond acceptors (Lipinski definition) is 3. The molecule has 2 aromatic rings. The molecule has 1 atom stereocenters. The summed E-state index contributed by atoms with van der Waals surface area (Å²) in [6.07, 6.45) is -0.882. The Kier molecular flexibility index (Phi) is 5.71. The first-order chi connectivity index (χ1) is 11.0. The Balaban J connectivity index is 1.83. The summed E-state index contributed by atoms with van der Waals surface area (Å²) in [5.74, 6) is -0.305. The number of hydrogen-bond donors (Lipinski definition) is 2. The van der Waals surface area contributed by atoms with Crippen molar-refractivity contribution in [3.8, 4) is 5.75 Å². The van der Waals surface area contributed by atoms with E-state index in [0.29, 0.717) is 11.3 Å². The van der Waals surface area contributed by atoms with Crippen molar-refractivity contribution in [1.82, 2.24) is 5.32 Å². The van der Waals surface area contributed by atoms with Gasteiger partial charge in [-0.15, -0.1) is 0 Å². The summed E-state index contributed by atoms with van der Waals surface area (Å²) in [5, 5.41) is 12.5. The lowest BCUT2D eigenvalue weighted by Crippen LogP contribution is -2.35. The van der Waals surface area contributed by atoms with Gasteiger partial charge in [-0.05, 0) is 43.2 Å². The van der Waals surface area contributed by atoms with Crippen molar-refractivity contribution in [3.63, 3.8) is 0 Å². The molecule has 2 rings (SSSR count). The van der Waals surface area contributed by atoms with Gasteiger partial charge < -0.3 is 15.2 Å². The van der Waals surface area contributed by atoms with E-state index in [2.05, 4.69) is 5.32 Å². The minimum Gasteiger partial charge on any atom is -0.491 e. The highest BCUT2D eigenvalue weighted by atomic mass is 19.1. The molecule has 0 fully saturated rings. The molecular formula is C18H20FNO3. The highest BCUT2D eigenvalue weighted by Crippen LogP contribution is 2.13. The van der Waals surface area contributed by atoms with Crippen LogP contribution in [-0.4, -0.2) is 30.3 Å². The number of carbonyl (C=O) groups is 1. The van der Waals surface area contributed by atoms with Gasteiger partial charge >= 0.3 is 0 Å². The molecule has 0 aliphatic heterocycles. The third kappa shape index (κ3) is 4.79. The first-order valence-corrected chi connectivity index (χ1v) is 7.38. The van der Waals surface area contributed by atoms with Gasteiger partial charge in [-0.25, -0.2) is 4.39 Å². The summed E-state index contributed by atoms with van der Waals surface area (Å²) < 4.78 is 18.3. The molecule has 0 saturated carbocycles. The van der Waals surface area contributed by atoms with Crippen LogP contribution in [0.1, 0.15) is 21.5 Å². The normalized spacial score (nSPS) is 11.8. The average molecular weight is 317 g/mol. The lowest BCUT2D eigenvalue weighted by Gasteiger charge is -2.14. The monoisotopic (exact) mass is 317 g/mol. The number of halogens is 1. The highest BCUT2D eigenvalue weighted by Gasteiger charge is 2.12. The maximum atomic E-state index is 13.0. The molecule has 0 spiro atoms. The van der Waals surface area contributed by atoms with Crippen LogP contribution in [0.3, 0.4) is 0 Å². The van der Waals surface area contributed by atoms with Gasteiger partial charge in [-0.2, -0.15) is 0 Å². The van der Waals surface area contributed by atoms with Crippen LogP contribution in [0.4, 0.5) is 4.39 Å². The Morgan fingerprint density at radius 2 is 2.00 bits per heavy atom. The molecule has 0 radical (unpaired) electrons. The van der Waals surface area contributed by atoms with E-state index in [9.17, 15) is 14.3 Å². The second-order valence-corrected chi connectivity index (χ2v) is 5.38. The predicted octanol–water partition coefficient (Wildman–Crippen LogP) is 2.61. The van der Waals surface area contributed by atoms with E-state index < -0.39 is 11.9 Å². The van der Waals surface area contributed by atoms with E-state index in [1.165, 1.54) is 18.2 Å². The zero-order valence-corrected chi connectivity index (χ0v) is 13.2. The molecule has 1 amide bonds. The van der Waals surface area contributed by atoms with Gasteiger partial charge in [0.1, 0.15) is 24.3 Å². The molecule has 0 aliphatic carbocycles. The van der Waals surface area contributed by atoms with E-state index >= 15 is 0 Å². The van der Waals surface area contributed by atoms with Gasteiger partial charge in [-0.1, -0.05) is 18.2 Å². The maximum Gasteiger partial charge on any atom is 0.251 e. The molecule has 23 heavy (non-hydrogen) atoms. The van der Waals surface area contributed by atoms with Crippen LogP contribution in [0.5, 0.6) is 5.75 Å². The van der Waals surface area contributed by atoms with Crippen molar-refractivity contribution in [2.45, 2.75) is 20.0 Å². The molecule has 2 N–H and O–H groups in total. The number of carbonyl (C=O) groups excluding carboxylic acids is 1. The van der Waals surface area contributed by atoms with Crippen molar-refractivity contribution >= 4 is 5.91 Å². The maximum absolute atomic E-state index is 13.0. The Labute approximate surface area is 134 Å². The summed E-state index contributed by atoms with van der Waals surface area (Å²) in [5.41, 5.74) is 2.53. The first-order valence-electron chi connectivity index (χ1n) is 7.38. The fourth-order valence-corrected chi connectivity index (χ4v) is 2.11. The Morgan fingerprint density at radius 1 is 1.26 bits per heavy atom. The van der Waals surface area contributed by atoms with E-state index in [0.717, 1.165) is 11.1 Å². The number of rotatable bonds is 6. The average Bonchev–Trinajstić information content (AvgIpc) is 2.53. The third-order valence-electron chi connectivity index (χ3n) is 3.59. The summed E-state index contributed by atoms with van der Waals surface area (Å²) in [4.78, 5) is 12.1. The van der Waals surface area contributed by atoms with Crippen LogP contribution >= 0.6 is 0 Å². The van der Waals surface area contributed by atoms with Gasteiger partial charge in [-0.3, -0.25) is 4.79 Å². The van der Waals surface area contributed by atoms with Gasteiger partial charge in [0.05, 0.1) is 0 Å². The van der Waals surface area contributed by atoms with Crippen molar-refractivity contribution in [2.24, 2.45) is 0 Å². The molecule has 0 aromatic heterocycles. The minimum absolute atomic E-state index is 0.0312. The summed E-state index contributed by atoms with van der Waals surface area (Å²) >= 11 is 0. The molecular weight excluding hydrogens is 297 g/mol. The number of benzene rings is 2. The van der Waals surface area contributed by atoms with Crippen molar-refractivity contribution in [2.75, 3.05) is 13.2 Å². The van der Waals surface area contributed by atoms with Crippen LogP contribution in [0.2, 0.25) is 0 Å². The lowest BCUT2D eigenvalue weighted by atomic mass is 10.0. The summed E-state index contributed by atoms with van der Waals surface area (Å²) in [7, 11) is 0. The molecule has 0 heterocycles. The van der Waals surface area contributed by atoms with E-state index in [4.69, 9.17) is 4.74 Å². The van der Waals surface area contributed by atoms with Crippen molar-refractivity contribution in [3.05, 3.63) is 65.0 Å². The van der Waals surface area contributed by atoms with Crippen LogP contribution in [0.15, 0.2) is 42.5 Å². The zero-order valence-electron chi connectivity index (χ0n) is 13.2. The van der Waals surface area contributed by atoms with Gasteiger partial charge in [0, 0.05) is 18.2 Å². The minimum atomic E-state index is -0.882. The number of aliphatic hydroxyl groups excluding tert-OH is 1.